The number of halogens is 1. The SMILES string of the molecule is Cc1ccc(CCC(=O)Nc2ccc(N3CCCS3(=O)=O)c(Cl)c2)cc1. The van der Waals surface area contributed by atoms with Crippen LogP contribution < -0.4 is 9.62 Å². The number of hydrogen-bond acceptors (Lipinski definition) is 3. The number of hydrogen-bond donors (Lipinski definition) is 1. The summed E-state index contributed by atoms with van der Waals surface area (Å²) < 4.78 is 25.4. The van der Waals surface area contributed by atoms with Gasteiger partial charge in [-0.1, -0.05) is 41.4 Å². The third-order valence-corrected chi connectivity index (χ3v) is 6.52. The minimum atomic E-state index is -3.28. The quantitative estimate of drug-likeness (QED) is 0.842. The number of anilines is 2. The van der Waals surface area contributed by atoms with Crippen molar-refractivity contribution < 1.29 is 13.2 Å². The molecule has 1 heterocycles. The molecule has 7 heteroatoms. The van der Waals surface area contributed by atoms with Crippen molar-refractivity contribution in [2.24, 2.45) is 0 Å². The summed E-state index contributed by atoms with van der Waals surface area (Å²) in [5.41, 5.74) is 3.32. The van der Waals surface area contributed by atoms with Crippen LogP contribution in [0.25, 0.3) is 0 Å². The van der Waals surface area contributed by atoms with Gasteiger partial charge in [-0.25, -0.2) is 8.42 Å². The van der Waals surface area contributed by atoms with Crippen molar-refractivity contribution in [3.8, 4) is 0 Å². The van der Waals surface area contributed by atoms with Gasteiger partial charge in [0, 0.05) is 18.7 Å². The van der Waals surface area contributed by atoms with E-state index in [4.69, 9.17) is 11.6 Å². The van der Waals surface area contributed by atoms with Crippen LogP contribution in [-0.2, 0) is 21.2 Å². The molecule has 1 N–H and O–H groups in total. The largest absolute Gasteiger partial charge is 0.326 e. The molecule has 1 saturated heterocycles. The molecule has 1 aliphatic rings. The lowest BCUT2D eigenvalue weighted by Crippen LogP contribution is -2.25. The topological polar surface area (TPSA) is 66.5 Å². The summed E-state index contributed by atoms with van der Waals surface area (Å²) in [6.07, 6.45) is 1.61. The molecule has 138 valence electrons. The van der Waals surface area contributed by atoms with Crippen molar-refractivity contribution in [3.05, 3.63) is 58.6 Å². The van der Waals surface area contributed by atoms with Crippen LogP contribution in [0, 0.1) is 6.92 Å². The number of aryl methyl sites for hydroxylation is 2. The van der Waals surface area contributed by atoms with Crippen molar-refractivity contribution in [2.45, 2.75) is 26.2 Å². The summed E-state index contributed by atoms with van der Waals surface area (Å²) in [7, 11) is -3.28. The Bertz CT molecular complexity index is 911. The third-order valence-electron chi connectivity index (χ3n) is 4.36. The fourth-order valence-electron chi connectivity index (χ4n) is 2.93. The Labute approximate surface area is 159 Å². The van der Waals surface area contributed by atoms with Gasteiger partial charge in [0.2, 0.25) is 15.9 Å². The maximum absolute atomic E-state index is 12.1. The van der Waals surface area contributed by atoms with E-state index in [2.05, 4.69) is 5.32 Å². The summed E-state index contributed by atoms with van der Waals surface area (Å²) in [6, 6.07) is 13.0. The van der Waals surface area contributed by atoms with Crippen LogP contribution >= 0.6 is 11.6 Å². The molecule has 1 fully saturated rings. The first-order valence-electron chi connectivity index (χ1n) is 8.50. The van der Waals surface area contributed by atoms with Gasteiger partial charge in [0.25, 0.3) is 0 Å². The third kappa shape index (κ3) is 4.37. The fraction of sp³-hybridized carbons (Fsp3) is 0.316. The van der Waals surface area contributed by atoms with E-state index in [9.17, 15) is 13.2 Å². The van der Waals surface area contributed by atoms with Crippen molar-refractivity contribution in [2.75, 3.05) is 21.9 Å². The molecule has 0 atom stereocenters. The smallest absolute Gasteiger partial charge is 0.235 e. The van der Waals surface area contributed by atoms with Gasteiger partial charge in [-0.2, -0.15) is 0 Å². The highest BCUT2D eigenvalue weighted by Crippen LogP contribution is 2.33. The molecule has 5 nitrogen and oxygen atoms in total. The highest BCUT2D eigenvalue weighted by molar-refractivity contribution is 7.93. The Morgan fingerprint density at radius 1 is 1.19 bits per heavy atom. The van der Waals surface area contributed by atoms with Gasteiger partial charge in [0.05, 0.1) is 16.5 Å². The second kappa shape index (κ2) is 7.68. The molecule has 2 aromatic carbocycles. The van der Waals surface area contributed by atoms with E-state index in [-0.39, 0.29) is 11.7 Å². The second-order valence-electron chi connectivity index (χ2n) is 6.44. The molecular weight excluding hydrogens is 372 g/mol. The highest BCUT2D eigenvalue weighted by Gasteiger charge is 2.29. The average molecular weight is 393 g/mol. The van der Waals surface area contributed by atoms with Crippen molar-refractivity contribution in [1.82, 2.24) is 0 Å². The molecule has 0 aliphatic carbocycles. The number of carbonyl (C=O) groups excluding carboxylic acids is 1. The van der Waals surface area contributed by atoms with Crippen molar-refractivity contribution in [1.29, 1.82) is 0 Å². The van der Waals surface area contributed by atoms with Crippen LogP contribution in [-0.4, -0.2) is 26.6 Å². The Morgan fingerprint density at radius 2 is 1.92 bits per heavy atom. The molecule has 0 aromatic heterocycles. The summed E-state index contributed by atoms with van der Waals surface area (Å²) in [5, 5.41) is 3.12. The first-order chi connectivity index (χ1) is 12.3. The maximum Gasteiger partial charge on any atom is 0.235 e. The van der Waals surface area contributed by atoms with E-state index in [1.54, 1.807) is 18.2 Å². The Morgan fingerprint density at radius 3 is 2.54 bits per heavy atom. The number of rotatable bonds is 5. The van der Waals surface area contributed by atoms with Crippen molar-refractivity contribution >= 4 is 38.9 Å². The van der Waals surface area contributed by atoms with Gasteiger partial charge < -0.3 is 5.32 Å². The van der Waals surface area contributed by atoms with Gasteiger partial charge in [-0.15, -0.1) is 0 Å². The number of sulfonamides is 1. The van der Waals surface area contributed by atoms with Gasteiger partial charge in [-0.3, -0.25) is 9.10 Å². The molecule has 0 bridgehead atoms. The van der Waals surface area contributed by atoms with Gasteiger partial charge in [0.15, 0.2) is 0 Å². The normalized spacial score (nSPS) is 15.8. The Kier molecular flexibility index (Phi) is 5.53. The molecule has 0 radical (unpaired) electrons. The molecule has 26 heavy (non-hydrogen) atoms. The molecule has 1 amide bonds. The predicted molar refractivity (Wildman–Crippen MR) is 105 cm³/mol. The lowest BCUT2D eigenvalue weighted by Gasteiger charge is -2.19. The monoisotopic (exact) mass is 392 g/mol. The number of nitrogens with one attached hydrogen (secondary N) is 1. The van der Waals surface area contributed by atoms with Crippen LogP contribution in [0.5, 0.6) is 0 Å². The lowest BCUT2D eigenvalue weighted by molar-refractivity contribution is -0.116. The molecule has 0 unspecified atom stereocenters. The molecule has 1 aliphatic heterocycles. The standard InChI is InChI=1S/C19H21ClN2O3S/c1-14-3-5-15(6-4-14)7-10-19(23)21-16-8-9-18(17(20)13-16)22-11-2-12-26(22,24)25/h3-6,8-9,13H,2,7,10-12H2,1H3,(H,21,23). The molecular formula is C19H21ClN2O3S. The minimum absolute atomic E-state index is 0.108. The van der Waals surface area contributed by atoms with E-state index in [1.807, 2.05) is 31.2 Å². The molecule has 2 aromatic rings. The zero-order valence-electron chi connectivity index (χ0n) is 14.5. The number of nitrogens with zero attached hydrogens (tertiary/aromatic N) is 1. The van der Waals surface area contributed by atoms with Crippen LogP contribution in [0.4, 0.5) is 11.4 Å². The van der Waals surface area contributed by atoms with Crippen LogP contribution in [0.3, 0.4) is 0 Å². The zero-order valence-corrected chi connectivity index (χ0v) is 16.1. The Balaban J connectivity index is 1.62. The van der Waals surface area contributed by atoms with E-state index < -0.39 is 10.0 Å². The van der Waals surface area contributed by atoms with Gasteiger partial charge in [-0.05, 0) is 43.5 Å². The first kappa shape index (κ1) is 18.7. The summed E-state index contributed by atoms with van der Waals surface area (Å²) in [5.74, 6) is 0.0315. The Hall–Kier alpha value is -2.05. The van der Waals surface area contributed by atoms with Crippen LogP contribution in [0.1, 0.15) is 24.0 Å². The molecule has 0 saturated carbocycles. The summed E-state index contributed by atoms with van der Waals surface area (Å²) in [6.45, 7) is 2.46. The summed E-state index contributed by atoms with van der Waals surface area (Å²) in [4.78, 5) is 12.1. The van der Waals surface area contributed by atoms with E-state index >= 15 is 0 Å². The summed E-state index contributed by atoms with van der Waals surface area (Å²) >= 11 is 6.25. The second-order valence-corrected chi connectivity index (χ2v) is 8.86. The number of carbonyl (C=O) groups is 1. The lowest BCUT2D eigenvalue weighted by atomic mass is 10.1. The zero-order chi connectivity index (χ0) is 18.7. The van der Waals surface area contributed by atoms with E-state index in [0.29, 0.717) is 42.2 Å². The maximum atomic E-state index is 12.1. The fourth-order valence-corrected chi connectivity index (χ4v) is 4.85. The highest BCUT2D eigenvalue weighted by atomic mass is 35.5. The van der Waals surface area contributed by atoms with Gasteiger partial charge in [0.1, 0.15) is 0 Å². The van der Waals surface area contributed by atoms with Crippen LogP contribution in [0.2, 0.25) is 5.02 Å². The minimum Gasteiger partial charge on any atom is -0.326 e. The van der Waals surface area contributed by atoms with Gasteiger partial charge >= 0.3 is 0 Å². The first-order valence-corrected chi connectivity index (χ1v) is 10.5. The van der Waals surface area contributed by atoms with E-state index in [0.717, 1.165) is 5.56 Å². The number of amides is 1. The van der Waals surface area contributed by atoms with Crippen molar-refractivity contribution in [3.63, 3.8) is 0 Å². The van der Waals surface area contributed by atoms with Crippen LogP contribution in [0.15, 0.2) is 42.5 Å². The molecule has 0 spiro atoms. The van der Waals surface area contributed by atoms with E-state index in [1.165, 1.54) is 9.87 Å². The predicted octanol–water partition coefficient (Wildman–Crippen LogP) is 3.76. The number of benzene rings is 2. The average Bonchev–Trinajstić information content (AvgIpc) is 2.94. The molecule has 3 rings (SSSR count).